The van der Waals surface area contributed by atoms with E-state index in [0.717, 1.165) is 0 Å². The van der Waals surface area contributed by atoms with Crippen LogP contribution >= 0.6 is 7.82 Å². The summed E-state index contributed by atoms with van der Waals surface area (Å²) >= 11 is 0. The molecule has 0 atom stereocenters. The lowest BCUT2D eigenvalue weighted by atomic mass is 10.4. The van der Waals surface area contributed by atoms with Crippen molar-refractivity contribution in [3.63, 3.8) is 0 Å². The van der Waals surface area contributed by atoms with Gasteiger partial charge in [0.05, 0.1) is 0 Å². The van der Waals surface area contributed by atoms with Gasteiger partial charge < -0.3 is 19.3 Å². The van der Waals surface area contributed by atoms with Crippen LogP contribution in [0.5, 0.6) is 23.0 Å². The summed E-state index contributed by atoms with van der Waals surface area (Å²) in [4.78, 5) is 9.68. The Hall–Kier alpha value is -2.31. The number of rotatable bonds is 4. The Morgan fingerprint density at radius 1 is 0.952 bits per heavy atom. The first-order valence-corrected chi connectivity index (χ1v) is 7.35. The van der Waals surface area contributed by atoms with Crippen LogP contribution in [0.3, 0.4) is 0 Å². The highest BCUT2D eigenvalue weighted by Gasteiger charge is 2.29. The van der Waals surface area contributed by atoms with Crippen LogP contribution in [0.15, 0.2) is 36.9 Å². The lowest BCUT2D eigenvalue weighted by molar-refractivity contribution is -0.672. The molecule has 0 aromatic carbocycles. The third-order valence-corrected chi connectivity index (χ3v) is 3.36. The van der Waals surface area contributed by atoms with Crippen LogP contribution in [-0.4, -0.2) is 15.1 Å². The van der Waals surface area contributed by atoms with E-state index < -0.39 is 7.82 Å². The SMILES string of the molecule is C[n+]1ccc(OP(=O)(O)Oc2cc[n+](C)cc2O)c(O)c1. The normalized spacial score (nSPS) is 11.2. The number of hydrogen-bond donors (Lipinski definition) is 3. The minimum atomic E-state index is -4.56. The zero-order chi connectivity index (χ0) is 15.6. The van der Waals surface area contributed by atoms with E-state index in [1.165, 1.54) is 46.1 Å². The molecule has 0 saturated heterocycles. The second kappa shape index (κ2) is 5.59. The summed E-state index contributed by atoms with van der Waals surface area (Å²) in [7, 11) is -1.22. The molecule has 112 valence electrons. The predicted octanol–water partition coefficient (Wildman–Crippen LogP) is 0.305. The Bertz CT molecular complexity index is 663. The molecule has 0 saturated carbocycles. The van der Waals surface area contributed by atoms with E-state index in [2.05, 4.69) is 0 Å². The Morgan fingerprint density at radius 2 is 1.33 bits per heavy atom. The highest BCUT2D eigenvalue weighted by atomic mass is 31.2. The molecule has 0 aliphatic carbocycles. The monoisotopic (exact) mass is 314 g/mol. The molecule has 0 aliphatic heterocycles. The Morgan fingerprint density at radius 3 is 1.67 bits per heavy atom. The molecule has 9 heteroatoms. The summed E-state index contributed by atoms with van der Waals surface area (Å²) in [5.41, 5.74) is 0. The number of aromatic nitrogens is 2. The minimum Gasteiger partial charge on any atom is -0.500 e. The lowest BCUT2D eigenvalue weighted by Crippen LogP contribution is -2.26. The maximum Gasteiger partial charge on any atom is 0.585 e. The second-order valence-electron chi connectivity index (χ2n) is 4.37. The molecule has 2 rings (SSSR count). The lowest BCUT2D eigenvalue weighted by Gasteiger charge is -2.13. The summed E-state index contributed by atoms with van der Waals surface area (Å²) in [5.74, 6) is -1.05. The smallest absolute Gasteiger partial charge is 0.500 e. The van der Waals surface area contributed by atoms with Crippen molar-refractivity contribution in [3.8, 4) is 23.0 Å². The molecule has 0 unspecified atom stereocenters. The molecule has 0 spiro atoms. The summed E-state index contributed by atoms with van der Waals surface area (Å²) in [6.45, 7) is 0. The van der Waals surface area contributed by atoms with Gasteiger partial charge in [0.15, 0.2) is 23.9 Å². The van der Waals surface area contributed by atoms with Crippen LogP contribution in [-0.2, 0) is 18.7 Å². The van der Waals surface area contributed by atoms with Gasteiger partial charge in [-0.05, 0) is 0 Å². The Labute approximate surface area is 120 Å². The molecule has 0 bridgehead atoms. The zero-order valence-electron chi connectivity index (χ0n) is 11.4. The van der Waals surface area contributed by atoms with Crippen molar-refractivity contribution >= 4 is 7.82 Å². The van der Waals surface area contributed by atoms with Gasteiger partial charge in [-0.2, -0.15) is 0 Å². The molecule has 0 amide bonds. The minimum absolute atomic E-state index is 0.208. The van der Waals surface area contributed by atoms with Crippen LogP contribution in [0, 0.1) is 0 Å². The Kier molecular flexibility index (Phi) is 4.02. The maximum absolute atomic E-state index is 11.9. The van der Waals surface area contributed by atoms with Crippen LogP contribution in [0.1, 0.15) is 0 Å². The fraction of sp³-hybridized carbons (Fsp3) is 0.167. The van der Waals surface area contributed by atoms with E-state index in [1.807, 2.05) is 0 Å². The molecule has 2 aromatic rings. The topological polar surface area (TPSA) is 104 Å². The van der Waals surface area contributed by atoms with E-state index in [9.17, 15) is 19.7 Å². The van der Waals surface area contributed by atoms with Gasteiger partial charge in [0.25, 0.3) is 0 Å². The molecule has 0 fully saturated rings. The number of aryl methyl sites for hydroxylation is 2. The van der Waals surface area contributed by atoms with Crippen molar-refractivity contribution in [1.29, 1.82) is 0 Å². The first-order valence-electron chi connectivity index (χ1n) is 5.85. The van der Waals surface area contributed by atoms with Gasteiger partial charge in [0, 0.05) is 12.1 Å². The van der Waals surface area contributed by atoms with Crippen molar-refractivity contribution in [2.45, 2.75) is 0 Å². The molecule has 0 radical (unpaired) electrons. The fourth-order valence-electron chi connectivity index (χ4n) is 1.56. The summed E-state index contributed by atoms with van der Waals surface area (Å²) < 4.78 is 24.5. The van der Waals surface area contributed by atoms with Gasteiger partial charge in [-0.3, -0.25) is 4.89 Å². The molecule has 0 aliphatic rings. The van der Waals surface area contributed by atoms with E-state index in [0.29, 0.717) is 0 Å². The van der Waals surface area contributed by atoms with Crippen molar-refractivity contribution in [1.82, 2.24) is 0 Å². The second-order valence-corrected chi connectivity index (χ2v) is 5.67. The zero-order valence-corrected chi connectivity index (χ0v) is 12.3. The molecule has 21 heavy (non-hydrogen) atoms. The van der Waals surface area contributed by atoms with Crippen molar-refractivity contribution in [2.24, 2.45) is 14.1 Å². The first kappa shape index (κ1) is 15.1. The van der Waals surface area contributed by atoms with E-state index in [4.69, 9.17) is 9.05 Å². The molecule has 8 nitrogen and oxygen atoms in total. The average Bonchev–Trinajstić information content (AvgIpc) is 2.36. The van der Waals surface area contributed by atoms with Crippen LogP contribution in [0.25, 0.3) is 0 Å². The predicted molar refractivity (Wildman–Crippen MR) is 69.6 cm³/mol. The number of hydrogen-bond acceptors (Lipinski definition) is 5. The Balaban J connectivity index is 2.20. The molecule has 2 heterocycles. The van der Waals surface area contributed by atoms with E-state index >= 15 is 0 Å². The third-order valence-electron chi connectivity index (χ3n) is 2.51. The van der Waals surface area contributed by atoms with Crippen LogP contribution in [0.4, 0.5) is 0 Å². The molecular formula is C12H15N2O6P+2. The van der Waals surface area contributed by atoms with Crippen LogP contribution < -0.4 is 18.2 Å². The molecule has 3 N–H and O–H groups in total. The highest BCUT2D eigenvalue weighted by Crippen LogP contribution is 2.47. The quantitative estimate of drug-likeness (QED) is 0.554. The number of phosphoric acid groups is 1. The van der Waals surface area contributed by atoms with Gasteiger partial charge in [-0.1, -0.05) is 0 Å². The van der Waals surface area contributed by atoms with Gasteiger partial charge >= 0.3 is 7.82 Å². The van der Waals surface area contributed by atoms with Crippen molar-refractivity contribution in [2.75, 3.05) is 0 Å². The van der Waals surface area contributed by atoms with Gasteiger partial charge in [-0.25, -0.2) is 13.7 Å². The fourth-order valence-corrected chi connectivity index (χ4v) is 2.41. The number of aromatic hydroxyl groups is 2. The van der Waals surface area contributed by atoms with Gasteiger partial charge in [-0.15, -0.1) is 0 Å². The van der Waals surface area contributed by atoms with Gasteiger partial charge in [0.1, 0.15) is 14.1 Å². The highest BCUT2D eigenvalue weighted by molar-refractivity contribution is 7.48. The molecular weight excluding hydrogens is 299 g/mol. The van der Waals surface area contributed by atoms with E-state index in [-0.39, 0.29) is 23.0 Å². The number of nitrogens with zero attached hydrogens (tertiary/aromatic N) is 2. The largest absolute Gasteiger partial charge is 0.585 e. The first-order chi connectivity index (χ1) is 9.77. The molecule has 2 aromatic heterocycles. The third kappa shape index (κ3) is 3.84. The average molecular weight is 314 g/mol. The number of pyridine rings is 2. The van der Waals surface area contributed by atoms with Crippen LogP contribution in [0.2, 0.25) is 0 Å². The summed E-state index contributed by atoms with van der Waals surface area (Å²) in [5, 5.41) is 19.3. The van der Waals surface area contributed by atoms with Crippen molar-refractivity contribution < 1.29 is 37.9 Å². The standard InChI is InChI=1S/C12H13N2O6P/c1-13-5-3-11(9(15)7-13)19-21(17,18)20-12-4-6-14(2)8-10(12)16/h3-8H,1-2H3,(H-2,15,16,17,18)/p+2. The van der Waals surface area contributed by atoms with E-state index in [1.54, 1.807) is 14.1 Å². The maximum atomic E-state index is 11.9. The number of phosphoric ester groups is 1. The summed E-state index contributed by atoms with van der Waals surface area (Å²) in [6.07, 6.45) is 5.65. The summed E-state index contributed by atoms with van der Waals surface area (Å²) in [6, 6.07) is 2.62. The van der Waals surface area contributed by atoms with Gasteiger partial charge in [0.2, 0.25) is 23.9 Å². The van der Waals surface area contributed by atoms with Crippen molar-refractivity contribution in [3.05, 3.63) is 36.9 Å².